The van der Waals surface area contributed by atoms with Crippen molar-refractivity contribution in [3.8, 4) is 11.5 Å². The predicted octanol–water partition coefficient (Wildman–Crippen LogP) is 3.89. The van der Waals surface area contributed by atoms with E-state index in [1.54, 1.807) is 42.5 Å². The van der Waals surface area contributed by atoms with E-state index in [1.165, 1.54) is 12.0 Å². The van der Waals surface area contributed by atoms with Crippen LogP contribution in [0, 0.1) is 0 Å². The van der Waals surface area contributed by atoms with Gasteiger partial charge in [-0.05, 0) is 60.7 Å². The molecule has 1 heterocycles. The van der Waals surface area contributed by atoms with Gasteiger partial charge >= 0.3 is 0 Å². The van der Waals surface area contributed by atoms with Crippen LogP contribution in [0.2, 0.25) is 10.0 Å². The number of nitrogens with zero attached hydrogens (tertiary/aromatic N) is 1. The number of rotatable bonds is 13. The topological polar surface area (TPSA) is 129 Å². The molecule has 2 amide bonds. The lowest BCUT2D eigenvalue weighted by molar-refractivity contribution is -0.138. The first-order chi connectivity index (χ1) is 20.2. The zero-order valence-corrected chi connectivity index (χ0v) is 24.9. The summed E-state index contributed by atoms with van der Waals surface area (Å²) in [7, 11) is 1.47. The first kappa shape index (κ1) is 31.8. The average molecular weight is 620 g/mol. The van der Waals surface area contributed by atoms with Gasteiger partial charge in [0, 0.05) is 40.7 Å². The number of methoxy groups -OCH3 is 1. The molecule has 0 saturated heterocycles. The van der Waals surface area contributed by atoms with Crippen LogP contribution < -0.4 is 14.8 Å². The summed E-state index contributed by atoms with van der Waals surface area (Å²) >= 11 is 12.6. The molecule has 1 aliphatic heterocycles. The molecule has 2 aromatic carbocycles. The fourth-order valence-electron chi connectivity index (χ4n) is 5.52. The zero-order valence-electron chi connectivity index (χ0n) is 23.4. The maximum absolute atomic E-state index is 13.7. The summed E-state index contributed by atoms with van der Waals surface area (Å²) in [6, 6.07) is 7.40. The second kappa shape index (κ2) is 14.4. The highest BCUT2D eigenvalue weighted by molar-refractivity contribution is 6.35. The number of allylic oxidation sites excluding steroid dienone is 1. The molecule has 0 saturated carbocycles. The lowest BCUT2D eigenvalue weighted by Crippen LogP contribution is -2.55. The van der Waals surface area contributed by atoms with Crippen LogP contribution in [-0.4, -0.2) is 70.5 Å². The first-order valence-corrected chi connectivity index (χ1v) is 14.6. The van der Waals surface area contributed by atoms with Crippen molar-refractivity contribution in [3.05, 3.63) is 81.4 Å². The molecule has 0 radical (unpaired) electrons. The Hall–Kier alpha value is -3.08. The van der Waals surface area contributed by atoms with Crippen molar-refractivity contribution in [2.75, 3.05) is 20.3 Å². The van der Waals surface area contributed by atoms with E-state index in [1.807, 2.05) is 0 Å². The lowest BCUT2D eigenvalue weighted by atomic mass is 9.77. The number of unbranched alkanes of at least 4 members (excludes halogenated alkanes) is 2. The highest BCUT2D eigenvalue weighted by Crippen LogP contribution is 2.51. The molecule has 0 unspecified atom stereocenters. The minimum atomic E-state index is -1.23. The van der Waals surface area contributed by atoms with E-state index in [0.717, 1.165) is 12.8 Å². The first-order valence-electron chi connectivity index (χ1n) is 13.8. The van der Waals surface area contributed by atoms with Gasteiger partial charge in [0.25, 0.3) is 0 Å². The van der Waals surface area contributed by atoms with Crippen molar-refractivity contribution in [2.24, 2.45) is 0 Å². The fraction of sp³-hybridized carbons (Fsp3) is 0.419. The number of hydrogen-bond acceptors (Lipinski definition) is 7. The van der Waals surface area contributed by atoms with E-state index < -0.39 is 30.1 Å². The van der Waals surface area contributed by atoms with Gasteiger partial charge in [-0.15, -0.1) is 6.58 Å². The van der Waals surface area contributed by atoms with E-state index in [9.17, 15) is 24.9 Å². The van der Waals surface area contributed by atoms with Gasteiger partial charge in [-0.1, -0.05) is 35.3 Å². The molecule has 4 rings (SSSR count). The van der Waals surface area contributed by atoms with Gasteiger partial charge < -0.3 is 35.0 Å². The summed E-state index contributed by atoms with van der Waals surface area (Å²) in [5.74, 6) is -0.700. The quantitative estimate of drug-likeness (QED) is 0.198. The second-order valence-corrected chi connectivity index (χ2v) is 11.2. The summed E-state index contributed by atoms with van der Waals surface area (Å²) in [5.41, 5.74) is 2.02. The number of benzene rings is 2. The van der Waals surface area contributed by atoms with E-state index in [-0.39, 0.29) is 44.2 Å². The van der Waals surface area contributed by atoms with E-state index >= 15 is 0 Å². The van der Waals surface area contributed by atoms with Crippen LogP contribution in [0.3, 0.4) is 0 Å². The SMILES string of the molecule is C=CCCCCC(=O)N(Cc1ccc(Cl)cc1Cl)[C@@H]1C=C(C(=O)NCCO)[C@@H]2c3cc(CO)cc(OC)c3O[C@@H]2[C@H]1O. The average Bonchev–Trinajstić information content (AvgIpc) is 3.37. The van der Waals surface area contributed by atoms with Gasteiger partial charge in [-0.3, -0.25) is 9.59 Å². The Kier molecular flexibility index (Phi) is 10.9. The van der Waals surface area contributed by atoms with Crippen LogP contribution in [-0.2, 0) is 22.7 Å². The summed E-state index contributed by atoms with van der Waals surface area (Å²) in [6.07, 6.45) is 3.59. The van der Waals surface area contributed by atoms with Gasteiger partial charge in [0.15, 0.2) is 11.5 Å². The number of carbonyl (C=O) groups excluding carboxylic acids is 2. The number of hydrogen-bond donors (Lipinski definition) is 4. The molecular weight excluding hydrogens is 583 g/mol. The molecule has 11 heteroatoms. The van der Waals surface area contributed by atoms with Crippen molar-refractivity contribution in [1.29, 1.82) is 0 Å². The molecule has 2 aliphatic rings. The molecule has 0 aromatic heterocycles. The molecule has 42 heavy (non-hydrogen) atoms. The van der Waals surface area contributed by atoms with Crippen molar-refractivity contribution < 1.29 is 34.4 Å². The maximum atomic E-state index is 13.7. The Morgan fingerprint density at radius 3 is 2.64 bits per heavy atom. The number of nitrogens with one attached hydrogen (secondary N) is 1. The Labute approximate surface area is 255 Å². The third-order valence-electron chi connectivity index (χ3n) is 7.58. The van der Waals surface area contributed by atoms with Crippen LogP contribution in [0.25, 0.3) is 0 Å². The van der Waals surface area contributed by atoms with Crippen LogP contribution >= 0.6 is 23.2 Å². The molecule has 4 N–H and O–H groups in total. The maximum Gasteiger partial charge on any atom is 0.247 e. The van der Waals surface area contributed by atoms with Gasteiger partial charge in [-0.2, -0.15) is 0 Å². The lowest BCUT2D eigenvalue weighted by Gasteiger charge is -2.41. The molecule has 226 valence electrons. The third-order valence-corrected chi connectivity index (χ3v) is 8.17. The predicted molar refractivity (Wildman–Crippen MR) is 160 cm³/mol. The minimum Gasteiger partial charge on any atom is -0.493 e. The molecule has 0 fully saturated rings. The monoisotopic (exact) mass is 618 g/mol. The summed E-state index contributed by atoms with van der Waals surface area (Å²) in [5, 5.41) is 34.5. The number of aliphatic hydroxyl groups is 3. The number of halogens is 2. The van der Waals surface area contributed by atoms with Crippen molar-refractivity contribution in [1.82, 2.24) is 10.2 Å². The Bertz CT molecular complexity index is 1350. The summed E-state index contributed by atoms with van der Waals surface area (Å²) in [4.78, 5) is 28.8. The number of fused-ring (bicyclic) bond motifs is 3. The van der Waals surface area contributed by atoms with Crippen molar-refractivity contribution >= 4 is 35.0 Å². The van der Waals surface area contributed by atoms with Crippen molar-refractivity contribution in [2.45, 2.75) is 63.0 Å². The van der Waals surface area contributed by atoms with E-state index in [0.29, 0.717) is 44.7 Å². The minimum absolute atomic E-state index is 0.0147. The molecule has 0 bridgehead atoms. The number of amides is 2. The van der Waals surface area contributed by atoms with Crippen LogP contribution in [0.15, 0.2) is 54.6 Å². The Balaban J connectivity index is 1.79. The van der Waals surface area contributed by atoms with Crippen LogP contribution in [0.4, 0.5) is 0 Å². The molecule has 4 atom stereocenters. The summed E-state index contributed by atoms with van der Waals surface area (Å²) < 4.78 is 11.8. The van der Waals surface area contributed by atoms with Gasteiger partial charge in [0.05, 0.1) is 32.3 Å². The molecule has 1 aliphatic carbocycles. The zero-order chi connectivity index (χ0) is 30.4. The highest BCUT2D eigenvalue weighted by Gasteiger charge is 2.51. The Morgan fingerprint density at radius 1 is 1.19 bits per heavy atom. The number of aliphatic hydroxyl groups excluding tert-OH is 3. The normalized spacial score (nSPS) is 20.6. The summed E-state index contributed by atoms with van der Waals surface area (Å²) in [6.45, 7) is 3.28. The molecule has 2 aromatic rings. The molecule has 9 nitrogen and oxygen atoms in total. The number of ether oxygens (including phenoxy) is 2. The van der Waals surface area contributed by atoms with Crippen LogP contribution in [0.5, 0.6) is 11.5 Å². The third kappa shape index (κ3) is 6.76. The molecular formula is C31H36Cl2N2O7. The second-order valence-electron chi connectivity index (χ2n) is 10.3. The van der Waals surface area contributed by atoms with Gasteiger partial charge in [-0.25, -0.2) is 0 Å². The number of carbonyl (C=O) groups is 2. The standard InChI is InChI=1S/C31H36Cl2N2O7/c1-3-4-5-6-7-26(38)35(16-19-8-9-20(32)14-23(19)33)24-15-22(31(40)34-10-11-36)27-21-12-18(17-37)13-25(41-2)29(21)42-30(27)28(24)39/h3,8-9,12-15,24,27-28,30,36-37,39H,1,4-7,10-11,16-17H2,2H3,(H,34,40)/t24-,27+,28+,30+/m1/s1. The van der Waals surface area contributed by atoms with Crippen LogP contribution in [0.1, 0.15) is 48.3 Å². The van der Waals surface area contributed by atoms with Gasteiger partial charge in [0.2, 0.25) is 11.8 Å². The molecule has 0 spiro atoms. The smallest absolute Gasteiger partial charge is 0.247 e. The van der Waals surface area contributed by atoms with Crippen molar-refractivity contribution in [3.63, 3.8) is 0 Å². The van der Waals surface area contributed by atoms with E-state index in [2.05, 4.69) is 11.9 Å². The Morgan fingerprint density at radius 2 is 1.98 bits per heavy atom. The van der Waals surface area contributed by atoms with Gasteiger partial charge in [0.1, 0.15) is 12.2 Å². The fourth-order valence-corrected chi connectivity index (χ4v) is 5.99. The highest BCUT2D eigenvalue weighted by atomic mass is 35.5. The van der Waals surface area contributed by atoms with E-state index in [4.69, 9.17) is 32.7 Å². The largest absolute Gasteiger partial charge is 0.493 e.